The summed E-state index contributed by atoms with van der Waals surface area (Å²) in [5.41, 5.74) is 1.56. The van der Waals surface area contributed by atoms with Crippen molar-refractivity contribution in [2.45, 2.75) is 58.2 Å². The minimum Gasteiger partial charge on any atom is -0.494 e. The molecule has 0 bridgehead atoms. The number of nitrogens with zero attached hydrogens (tertiary/aromatic N) is 1. The number of ether oxygens (including phenoxy) is 1. The van der Waals surface area contributed by atoms with Gasteiger partial charge in [0.1, 0.15) is 11.8 Å². The summed E-state index contributed by atoms with van der Waals surface area (Å²) in [6.07, 6.45) is 1.28. The molecule has 0 unspecified atom stereocenters. The molecule has 0 aliphatic rings. The van der Waals surface area contributed by atoms with Crippen LogP contribution in [0.2, 0.25) is 0 Å². The second-order valence-corrected chi connectivity index (χ2v) is 10.8. The molecule has 0 spiro atoms. The summed E-state index contributed by atoms with van der Waals surface area (Å²) in [5, 5.41) is 3.09. The lowest BCUT2D eigenvalue weighted by molar-refractivity contribution is -0.142. The standard InChI is InChI=1S/C30H35BrN2O3/c1-30(2,3)32-29(35)27(21-23-11-6-4-7-12-23)33(22-24-16-18-25(31)19-17-24)28(34)15-10-20-36-26-13-8-5-9-14-26/h4-9,11-14,16-19,27H,10,15,20-22H2,1-3H3,(H,32,35)/t27-/m1/s1. The third-order valence-electron chi connectivity index (χ3n) is 5.58. The second kappa shape index (κ2) is 13.3. The molecule has 0 aliphatic heterocycles. The van der Waals surface area contributed by atoms with E-state index < -0.39 is 11.6 Å². The molecule has 3 aromatic rings. The number of rotatable bonds is 11. The van der Waals surface area contributed by atoms with Crippen LogP contribution in [0.1, 0.15) is 44.7 Å². The number of para-hydroxylation sites is 1. The van der Waals surface area contributed by atoms with E-state index in [2.05, 4.69) is 21.2 Å². The molecular weight excluding hydrogens is 516 g/mol. The minimum absolute atomic E-state index is 0.0698. The Hall–Kier alpha value is -3.12. The van der Waals surface area contributed by atoms with E-state index in [4.69, 9.17) is 4.74 Å². The summed E-state index contributed by atoms with van der Waals surface area (Å²) in [4.78, 5) is 28.9. The lowest BCUT2D eigenvalue weighted by atomic mass is 10.00. The van der Waals surface area contributed by atoms with Gasteiger partial charge in [-0.1, -0.05) is 76.6 Å². The number of halogens is 1. The predicted octanol–water partition coefficient (Wildman–Crippen LogP) is 6.16. The monoisotopic (exact) mass is 550 g/mol. The average molecular weight is 552 g/mol. The van der Waals surface area contributed by atoms with Crippen LogP contribution >= 0.6 is 15.9 Å². The first-order valence-corrected chi connectivity index (χ1v) is 13.1. The van der Waals surface area contributed by atoms with Crippen molar-refractivity contribution in [1.29, 1.82) is 0 Å². The van der Waals surface area contributed by atoms with Crippen molar-refractivity contribution >= 4 is 27.7 Å². The van der Waals surface area contributed by atoms with Crippen LogP contribution < -0.4 is 10.1 Å². The number of carbonyl (C=O) groups excluding carboxylic acids is 2. The first-order chi connectivity index (χ1) is 17.2. The fourth-order valence-corrected chi connectivity index (χ4v) is 4.13. The molecule has 0 aliphatic carbocycles. The lowest BCUT2D eigenvalue weighted by Gasteiger charge is -2.34. The van der Waals surface area contributed by atoms with E-state index in [1.165, 1.54) is 0 Å². The molecule has 190 valence electrons. The molecule has 1 atom stereocenters. The number of carbonyl (C=O) groups is 2. The van der Waals surface area contributed by atoms with Gasteiger partial charge in [-0.25, -0.2) is 0 Å². The Morgan fingerprint density at radius 1 is 0.889 bits per heavy atom. The zero-order chi connectivity index (χ0) is 26.0. The summed E-state index contributed by atoms with van der Waals surface area (Å²) >= 11 is 3.47. The van der Waals surface area contributed by atoms with Crippen molar-refractivity contribution in [3.63, 3.8) is 0 Å². The molecule has 3 aromatic carbocycles. The maximum absolute atomic E-state index is 13.6. The van der Waals surface area contributed by atoms with Crippen molar-refractivity contribution in [3.8, 4) is 5.75 Å². The number of benzene rings is 3. The first-order valence-electron chi connectivity index (χ1n) is 12.3. The Morgan fingerprint density at radius 3 is 2.11 bits per heavy atom. The molecule has 0 saturated heterocycles. The summed E-state index contributed by atoms with van der Waals surface area (Å²) in [7, 11) is 0. The van der Waals surface area contributed by atoms with Crippen LogP contribution in [-0.4, -0.2) is 34.9 Å². The van der Waals surface area contributed by atoms with Crippen molar-refractivity contribution in [2.24, 2.45) is 0 Å². The maximum atomic E-state index is 13.6. The Bertz CT molecular complexity index is 1100. The van der Waals surface area contributed by atoms with Crippen molar-refractivity contribution in [1.82, 2.24) is 10.2 Å². The number of hydrogen-bond donors (Lipinski definition) is 1. The zero-order valence-corrected chi connectivity index (χ0v) is 22.8. The van der Waals surface area contributed by atoms with E-state index in [9.17, 15) is 9.59 Å². The third-order valence-corrected chi connectivity index (χ3v) is 6.11. The van der Waals surface area contributed by atoms with E-state index in [0.29, 0.717) is 26.0 Å². The van der Waals surface area contributed by atoms with Gasteiger partial charge in [0.25, 0.3) is 0 Å². The van der Waals surface area contributed by atoms with Gasteiger partial charge in [-0.15, -0.1) is 0 Å². The van der Waals surface area contributed by atoms with Crippen LogP contribution in [0.15, 0.2) is 89.4 Å². The predicted molar refractivity (Wildman–Crippen MR) is 148 cm³/mol. The molecule has 1 N–H and O–H groups in total. The first kappa shape index (κ1) is 27.5. The smallest absolute Gasteiger partial charge is 0.243 e. The van der Waals surface area contributed by atoms with Gasteiger partial charge in [-0.3, -0.25) is 9.59 Å². The summed E-state index contributed by atoms with van der Waals surface area (Å²) in [6.45, 7) is 6.63. The molecule has 3 rings (SSSR count). The number of amides is 2. The summed E-state index contributed by atoms with van der Waals surface area (Å²) < 4.78 is 6.75. The number of nitrogens with one attached hydrogen (secondary N) is 1. The molecule has 0 radical (unpaired) electrons. The van der Waals surface area contributed by atoms with E-state index in [1.54, 1.807) is 4.90 Å². The molecule has 0 aromatic heterocycles. The Labute approximate surface area is 223 Å². The van der Waals surface area contributed by atoms with E-state index in [-0.39, 0.29) is 18.2 Å². The van der Waals surface area contributed by atoms with Gasteiger partial charge in [0, 0.05) is 29.4 Å². The zero-order valence-electron chi connectivity index (χ0n) is 21.2. The quantitative estimate of drug-likeness (QED) is 0.291. The highest BCUT2D eigenvalue weighted by Crippen LogP contribution is 2.19. The van der Waals surface area contributed by atoms with Crippen LogP contribution in [0, 0.1) is 0 Å². The molecule has 36 heavy (non-hydrogen) atoms. The molecule has 0 heterocycles. The van der Waals surface area contributed by atoms with Crippen molar-refractivity contribution < 1.29 is 14.3 Å². The van der Waals surface area contributed by atoms with Crippen molar-refractivity contribution in [2.75, 3.05) is 6.61 Å². The van der Waals surface area contributed by atoms with Gasteiger partial charge in [0.2, 0.25) is 11.8 Å². The highest BCUT2D eigenvalue weighted by atomic mass is 79.9. The summed E-state index contributed by atoms with van der Waals surface area (Å²) in [6, 6.07) is 26.6. The van der Waals surface area contributed by atoms with Gasteiger partial charge >= 0.3 is 0 Å². The SMILES string of the molecule is CC(C)(C)NC(=O)[C@@H](Cc1ccccc1)N(Cc1ccc(Br)cc1)C(=O)CCCOc1ccccc1. The van der Waals surface area contributed by atoms with Crippen LogP contribution in [0.25, 0.3) is 0 Å². The number of hydrogen-bond acceptors (Lipinski definition) is 3. The molecule has 2 amide bonds. The van der Waals surface area contributed by atoms with Gasteiger partial charge in [0.15, 0.2) is 0 Å². The highest BCUT2D eigenvalue weighted by Gasteiger charge is 2.32. The highest BCUT2D eigenvalue weighted by molar-refractivity contribution is 9.10. The van der Waals surface area contributed by atoms with Gasteiger partial charge in [-0.2, -0.15) is 0 Å². The Morgan fingerprint density at radius 2 is 1.50 bits per heavy atom. The molecule has 0 saturated carbocycles. The minimum atomic E-state index is -0.641. The van der Waals surface area contributed by atoms with Gasteiger partial charge in [-0.05, 0) is 62.6 Å². The fraction of sp³-hybridized carbons (Fsp3) is 0.333. The average Bonchev–Trinajstić information content (AvgIpc) is 2.85. The van der Waals surface area contributed by atoms with E-state index >= 15 is 0 Å². The third kappa shape index (κ3) is 9.15. The van der Waals surface area contributed by atoms with Gasteiger partial charge < -0.3 is 15.0 Å². The molecule has 5 nitrogen and oxygen atoms in total. The topological polar surface area (TPSA) is 58.6 Å². The van der Waals surface area contributed by atoms with E-state index in [0.717, 1.165) is 21.3 Å². The van der Waals surface area contributed by atoms with Crippen molar-refractivity contribution in [3.05, 3.63) is 101 Å². The maximum Gasteiger partial charge on any atom is 0.243 e. The van der Waals surface area contributed by atoms with Gasteiger partial charge in [0.05, 0.1) is 6.61 Å². The van der Waals surface area contributed by atoms with Crippen LogP contribution in [0.5, 0.6) is 5.75 Å². The second-order valence-electron chi connectivity index (χ2n) is 9.86. The van der Waals surface area contributed by atoms with E-state index in [1.807, 2.05) is 106 Å². The van der Waals surface area contributed by atoms with Crippen LogP contribution in [-0.2, 0) is 22.6 Å². The normalized spacial score (nSPS) is 12.0. The lowest BCUT2D eigenvalue weighted by Crippen LogP contribution is -2.54. The largest absolute Gasteiger partial charge is 0.494 e. The fourth-order valence-electron chi connectivity index (χ4n) is 3.87. The molecule has 0 fully saturated rings. The Kier molecular flexibility index (Phi) is 10.1. The molecular formula is C30H35BrN2O3. The summed E-state index contributed by atoms with van der Waals surface area (Å²) in [5.74, 6) is 0.556. The van der Waals surface area contributed by atoms with Crippen LogP contribution in [0.3, 0.4) is 0 Å². The Balaban J connectivity index is 1.81. The molecule has 6 heteroatoms. The van der Waals surface area contributed by atoms with Crippen LogP contribution in [0.4, 0.5) is 0 Å².